The first-order valence-electron chi connectivity index (χ1n) is 11.9. The summed E-state index contributed by atoms with van der Waals surface area (Å²) in [5.41, 5.74) is 7.11. The SMILES string of the molecule is Cn1c(=O)n(CC(=O)c2ccccc2)c(=O)c2c1nc(N1CCCC(N)C1)n2Cc1ccccc1Br. The minimum atomic E-state index is -0.579. The van der Waals surface area contributed by atoms with E-state index in [0.29, 0.717) is 24.6 Å². The number of Topliss-reactive ketones (excluding diaryl/α,β-unsaturated/α-hetero) is 1. The number of carbonyl (C=O) groups excluding carboxylic acids is 1. The number of benzene rings is 2. The number of aryl methyl sites for hydroxylation is 1. The Morgan fingerprint density at radius 1 is 1.08 bits per heavy atom. The molecule has 1 saturated heterocycles. The number of rotatable bonds is 6. The Balaban J connectivity index is 1.70. The maximum atomic E-state index is 13.8. The number of halogens is 1. The highest BCUT2D eigenvalue weighted by atomic mass is 79.9. The van der Waals surface area contributed by atoms with Gasteiger partial charge < -0.3 is 10.6 Å². The Morgan fingerprint density at radius 3 is 2.53 bits per heavy atom. The van der Waals surface area contributed by atoms with Crippen LogP contribution in [-0.4, -0.2) is 43.6 Å². The van der Waals surface area contributed by atoms with Crippen LogP contribution in [0.5, 0.6) is 0 Å². The maximum Gasteiger partial charge on any atom is 0.332 e. The van der Waals surface area contributed by atoms with Crippen LogP contribution in [0, 0.1) is 0 Å². The summed E-state index contributed by atoms with van der Waals surface area (Å²) < 4.78 is 5.09. The summed E-state index contributed by atoms with van der Waals surface area (Å²) in [7, 11) is 1.58. The van der Waals surface area contributed by atoms with Gasteiger partial charge in [-0.15, -0.1) is 0 Å². The van der Waals surface area contributed by atoms with Crippen molar-refractivity contribution in [2.75, 3.05) is 18.0 Å². The second-order valence-electron chi connectivity index (χ2n) is 9.13. The average molecular weight is 551 g/mol. The van der Waals surface area contributed by atoms with E-state index < -0.39 is 11.2 Å². The molecule has 1 fully saturated rings. The van der Waals surface area contributed by atoms with Crippen LogP contribution in [0.3, 0.4) is 0 Å². The molecule has 0 radical (unpaired) electrons. The summed E-state index contributed by atoms with van der Waals surface area (Å²) in [6, 6.07) is 16.4. The molecule has 10 heteroatoms. The number of hydrogen-bond acceptors (Lipinski definition) is 6. The van der Waals surface area contributed by atoms with Gasteiger partial charge in [0.25, 0.3) is 5.56 Å². The highest BCUT2D eigenvalue weighted by molar-refractivity contribution is 9.10. The first-order chi connectivity index (χ1) is 17.3. The molecule has 1 atom stereocenters. The second kappa shape index (κ2) is 9.87. The molecule has 2 aromatic carbocycles. The molecule has 2 aromatic heterocycles. The fourth-order valence-electron chi connectivity index (χ4n) is 4.74. The predicted octanol–water partition coefficient (Wildman–Crippen LogP) is 2.52. The molecule has 1 aliphatic rings. The molecular weight excluding hydrogens is 524 g/mol. The molecule has 0 aliphatic carbocycles. The zero-order valence-corrected chi connectivity index (χ0v) is 21.5. The van der Waals surface area contributed by atoms with Crippen LogP contribution in [0.15, 0.2) is 68.7 Å². The van der Waals surface area contributed by atoms with Crippen LogP contribution in [0.25, 0.3) is 11.2 Å². The van der Waals surface area contributed by atoms with Gasteiger partial charge in [-0.3, -0.25) is 23.3 Å². The van der Waals surface area contributed by atoms with Crippen molar-refractivity contribution in [2.45, 2.75) is 32.0 Å². The van der Waals surface area contributed by atoms with E-state index in [-0.39, 0.29) is 29.5 Å². The van der Waals surface area contributed by atoms with Crippen LogP contribution < -0.4 is 21.9 Å². The van der Waals surface area contributed by atoms with Crippen molar-refractivity contribution in [3.8, 4) is 0 Å². The molecule has 0 bridgehead atoms. The Bertz CT molecular complexity index is 1560. The lowest BCUT2D eigenvalue weighted by atomic mass is 10.1. The van der Waals surface area contributed by atoms with E-state index in [4.69, 9.17) is 10.7 Å². The van der Waals surface area contributed by atoms with Gasteiger partial charge in [0.05, 0.1) is 13.1 Å². The summed E-state index contributed by atoms with van der Waals surface area (Å²) in [5, 5.41) is 0. The summed E-state index contributed by atoms with van der Waals surface area (Å²) in [5.74, 6) is 0.281. The molecule has 9 nitrogen and oxygen atoms in total. The van der Waals surface area contributed by atoms with Gasteiger partial charge in [-0.25, -0.2) is 4.79 Å². The van der Waals surface area contributed by atoms with Crippen molar-refractivity contribution in [1.82, 2.24) is 18.7 Å². The maximum absolute atomic E-state index is 13.8. The summed E-state index contributed by atoms with van der Waals surface area (Å²) in [4.78, 5) is 46.8. The third kappa shape index (κ3) is 4.42. The van der Waals surface area contributed by atoms with E-state index in [0.717, 1.165) is 34.0 Å². The lowest BCUT2D eigenvalue weighted by molar-refractivity contribution is 0.0969. The number of nitrogens with two attached hydrogens (primary N) is 1. The van der Waals surface area contributed by atoms with Crippen molar-refractivity contribution >= 4 is 38.8 Å². The van der Waals surface area contributed by atoms with Crippen molar-refractivity contribution in [3.05, 3.63) is 91.0 Å². The van der Waals surface area contributed by atoms with Crippen LogP contribution in [-0.2, 0) is 20.1 Å². The van der Waals surface area contributed by atoms with Gasteiger partial charge in [0.2, 0.25) is 5.95 Å². The van der Waals surface area contributed by atoms with E-state index in [9.17, 15) is 14.4 Å². The Labute approximate surface area is 215 Å². The minimum Gasteiger partial charge on any atom is -0.341 e. The number of fused-ring (bicyclic) bond motifs is 1. The highest BCUT2D eigenvalue weighted by Gasteiger charge is 2.27. The number of piperidine rings is 1. The molecule has 0 spiro atoms. The average Bonchev–Trinajstić information content (AvgIpc) is 3.26. The number of aromatic nitrogens is 4. The monoisotopic (exact) mass is 550 g/mol. The topological polar surface area (TPSA) is 108 Å². The second-order valence-corrected chi connectivity index (χ2v) is 9.99. The molecule has 186 valence electrons. The Morgan fingerprint density at radius 2 is 1.81 bits per heavy atom. The van der Waals surface area contributed by atoms with Crippen molar-refractivity contribution in [3.63, 3.8) is 0 Å². The van der Waals surface area contributed by atoms with Gasteiger partial charge in [0.1, 0.15) is 0 Å². The zero-order chi connectivity index (χ0) is 25.4. The molecular formula is C26H27BrN6O3. The van der Waals surface area contributed by atoms with Gasteiger partial charge in [0, 0.05) is 36.2 Å². The fourth-order valence-corrected chi connectivity index (χ4v) is 5.15. The molecule has 36 heavy (non-hydrogen) atoms. The van der Waals surface area contributed by atoms with Gasteiger partial charge in [0.15, 0.2) is 16.9 Å². The summed E-state index contributed by atoms with van der Waals surface area (Å²) in [6.45, 7) is 1.37. The van der Waals surface area contributed by atoms with E-state index in [2.05, 4.69) is 20.8 Å². The minimum absolute atomic E-state index is 0.000514. The van der Waals surface area contributed by atoms with Gasteiger partial charge in [-0.1, -0.05) is 64.5 Å². The largest absolute Gasteiger partial charge is 0.341 e. The third-order valence-corrected chi connectivity index (χ3v) is 7.41. The first-order valence-corrected chi connectivity index (χ1v) is 12.7. The Hall–Kier alpha value is -3.50. The normalized spacial score (nSPS) is 16.0. The number of carbonyl (C=O) groups is 1. The van der Waals surface area contributed by atoms with Crippen LogP contribution in [0.2, 0.25) is 0 Å². The number of hydrogen-bond donors (Lipinski definition) is 1. The van der Waals surface area contributed by atoms with Crippen molar-refractivity contribution < 1.29 is 4.79 Å². The quantitative estimate of drug-likeness (QED) is 0.369. The molecule has 4 aromatic rings. The van der Waals surface area contributed by atoms with Gasteiger partial charge in [-0.05, 0) is 24.5 Å². The molecule has 3 heterocycles. The van der Waals surface area contributed by atoms with E-state index in [1.165, 1.54) is 4.57 Å². The van der Waals surface area contributed by atoms with Gasteiger partial charge >= 0.3 is 5.69 Å². The summed E-state index contributed by atoms with van der Waals surface area (Å²) >= 11 is 3.60. The smallest absolute Gasteiger partial charge is 0.332 e. The number of imidazole rings is 1. The van der Waals surface area contributed by atoms with Crippen molar-refractivity contribution in [1.29, 1.82) is 0 Å². The van der Waals surface area contributed by atoms with Crippen LogP contribution in [0.4, 0.5) is 5.95 Å². The molecule has 1 unspecified atom stereocenters. The Kier molecular flexibility index (Phi) is 6.63. The lowest BCUT2D eigenvalue weighted by Crippen LogP contribution is -2.44. The highest BCUT2D eigenvalue weighted by Crippen LogP contribution is 2.26. The first kappa shape index (κ1) is 24.2. The van der Waals surface area contributed by atoms with Gasteiger partial charge in [-0.2, -0.15) is 4.98 Å². The standard InChI is InChI=1S/C26H27BrN6O3/c1-30-23-22(24(35)33(26(30)36)16-21(34)17-8-3-2-4-9-17)32(14-18-10-5-6-12-20(18)27)25(29-23)31-13-7-11-19(28)15-31/h2-6,8-10,12,19H,7,11,13-16,28H2,1H3. The number of nitrogens with zero attached hydrogens (tertiary/aromatic N) is 5. The fraction of sp³-hybridized carbons (Fsp3) is 0.308. The molecule has 0 amide bonds. The number of anilines is 1. The molecule has 0 saturated carbocycles. The van der Waals surface area contributed by atoms with Crippen LogP contribution in [0.1, 0.15) is 28.8 Å². The van der Waals surface area contributed by atoms with E-state index >= 15 is 0 Å². The number of ketones is 1. The molecule has 2 N–H and O–H groups in total. The lowest BCUT2D eigenvalue weighted by Gasteiger charge is -2.32. The van der Waals surface area contributed by atoms with Crippen molar-refractivity contribution in [2.24, 2.45) is 12.8 Å². The van der Waals surface area contributed by atoms with E-state index in [1.807, 2.05) is 34.9 Å². The molecule has 5 rings (SSSR count). The zero-order valence-electron chi connectivity index (χ0n) is 19.9. The van der Waals surface area contributed by atoms with Crippen LogP contribution >= 0.6 is 15.9 Å². The van der Waals surface area contributed by atoms with E-state index in [1.54, 1.807) is 31.3 Å². The molecule has 1 aliphatic heterocycles. The predicted molar refractivity (Wildman–Crippen MR) is 143 cm³/mol. The third-order valence-electron chi connectivity index (χ3n) is 6.64. The summed E-state index contributed by atoms with van der Waals surface area (Å²) in [6.07, 6.45) is 1.84.